The molecule has 2 aromatic rings. The van der Waals surface area contributed by atoms with Gasteiger partial charge in [0.25, 0.3) is 0 Å². The molecule has 21 heavy (non-hydrogen) atoms. The van der Waals surface area contributed by atoms with Crippen LogP contribution in [0.3, 0.4) is 0 Å². The monoisotopic (exact) mass is 290 g/mol. The van der Waals surface area contributed by atoms with Gasteiger partial charge < -0.3 is 5.11 Å². The summed E-state index contributed by atoms with van der Waals surface area (Å²) < 4.78 is 26.9. The van der Waals surface area contributed by atoms with Gasteiger partial charge in [0.05, 0.1) is 5.69 Å². The van der Waals surface area contributed by atoms with Crippen molar-refractivity contribution in [2.75, 3.05) is 0 Å². The zero-order valence-corrected chi connectivity index (χ0v) is 11.7. The Bertz CT molecular complexity index is 616. The fraction of sp³-hybridized carbons (Fsp3) is 0.250. The van der Waals surface area contributed by atoms with Crippen LogP contribution in [-0.4, -0.2) is 5.11 Å². The molecule has 0 aliphatic heterocycles. The van der Waals surface area contributed by atoms with Gasteiger partial charge in [-0.15, -0.1) is 5.11 Å². The molecule has 0 heterocycles. The molecular formula is C16H16F2N2O. The van der Waals surface area contributed by atoms with Crippen molar-refractivity contribution in [3.05, 3.63) is 53.6 Å². The molecule has 0 aliphatic rings. The highest BCUT2D eigenvalue weighted by Crippen LogP contribution is 2.28. The van der Waals surface area contributed by atoms with Crippen molar-refractivity contribution in [2.24, 2.45) is 10.2 Å². The number of aryl methyl sites for hydroxylation is 1. The van der Waals surface area contributed by atoms with Crippen molar-refractivity contribution < 1.29 is 13.9 Å². The molecule has 0 saturated heterocycles. The van der Waals surface area contributed by atoms with Crippen LogP contribution < -0.4 is 0 Å². The van der Waals surface area contributed by atoms with Crippen molar-refractivity contribution in [3.8, 4) is 5.75 Å². The first-order valence-corrected chi connectivity index (χ1v) is 6.79. The van der Waals surface area contributed by atoms with Crippen LogP contribution >= 0.6 is 0 Å². The third-order valence-electron chi connectivity index (χ3n) is 3.02. The van der Waals surface area contributed by atoms with Gasteiger partial charge in [-0.05, 0) is 30.5 Å². The van der Waals surface area contributed by atoms with Crippen LogP contribution in [0.25, 0.3) is 0 Å². The second-order valence-electron chi connectivity index (χ2n) is 4.73. The van der Waals surface area contributed by atoms with Crippen molar-refractivity contribution >= 4 is 11.4 Å². The van der Waals surface area contributed by atoms with E-state index < -0.39 is 23.1 Å². The van der Waals surface area contributed by atoms with Gasteiger partial charge in [-0.1, -0.05) is 25.5 Å². The van der Waals surface area contributed by atoms with E-state index in [0.717, 1.165) is 31.4 Å². The summed E-state index contributed by atoms with van der Waals surface area (Å²) in [5, 5.41) is 16.4. The molecule has 0 aliphatic carbocycles. The maximum atomic E-state index is 13.5. The molecule has 3 nitrogen and oxygen atoms in total. The number of benzene rings is 2. The van der Waals surface area contributed by atoms with Gasteiger partial charge in [0.1, 0.15) is 5.75 Å². The van der Waals surface area contributed by atoms with Crippen LogP contribution in [0.2, 0.25) is 0 Å². The second-order valence-corrected chi connectivity index (χ2v) is 4.73. The molecule has 0 spiro atoms. The minimum Gasteiger partial charge on any atom is -0.508 e. The molecule has 0 atom stereocenters. The molecule has 110 valence electrons. The first-order chi connectivity index (χ1) is 10.1. The maximum Gasteiger partial charge on any atom is 0.157 e. The van der Waals surface area contributed by atoms with E-state index in [1.54, 1.807) is 12.1 Å². The van der Waals surface area contributed by atoms with E-state index in [2.05, 4.69) is 17.2 Å². The van der Waals surface area contributed by atoms with Crippen molar-refractivity contribution in [2.45, 2.75) is 26.2 Å². The van der Waals surface area contributed by atoms with Crippen LogP contribution in [-0.2, 0) is 6.42 Å². The molecule has 0 saturated carbocycles. The number of unbranched alkanes of at least 4 members (excludes halogenated alkanes) is 1. The van der Waals surface area contributed by atoms with Gasteiger partial charge in [0.15, 0.2) is 17.3 Å². The molecule has 2 rings (SSSR count). The second kappa shape index (κ2) is 6.92. The third-order valence-corrected chi connectivity index (χ3v) is 3.02. The Morgan fingerprint density at radius 3 is 2.19 bits per heavy atom. The van der Waals surface area contributed by atoms with Gasteiger partial charge >= 0.3 is 0 Å². The first-order valence-electron chi connectivity index (χ1n) is 6.79. The van der Waals surface area contributed by atoms with Gasteiger partial charge in [-0.25, -0.2) is 8.78 Å². The quantitative estimate of drug-likeness (QED) is 0.733. The number of hydrogen-bond donors (Lipinski definition) is 1. The normalized spacial score (nSPS) is 11.2. The van der Waals surface area contributed by atoms with Crippen molar-refractivity contribution in [1.82, 2.24) is 0 Å². The fourth-order valence-electron chi connectivity index (χ4n) is 1.87. The molecule has 2 aromatic carbocycles. The SMILES string of the molecule is CCCCc1ccc(/N=N/c2c(F)cc(O)cc2F)cc1. The van der Waals surface area contributed by atoms with E-state index >= 15 is 0 Å². The van der Waals surface area contributed by atoms with Crippen LogP contribution in [0.4, 0.5) is 20.2 Å². The van der Waals surface area contributed by atoms with Crippen molar-refractivity contribution in [3.63, 3.8) is 0 Å². The lowest BCUT2D eigenvalue weighted by atomic mass is 10.1. The lowest BCUT2D eigenvalue weighted by Crippen LogP contribution is -1.83. The van der Waals surface area contributed by atoms with E-state index in [0.29, 0.717) is 5.69 Å². The number of phenols is 1. The van der Waals surface area contributed by atoms with Crippen LogP contribution in [0, 0.1) is 11.6 Å². The highest BCUT2D eigenvalue weighted by Gasteiger charge is 2.10. The molecule has 0 radical (unpaired) electrons. The van der Waals surface area contributed by atoms with Crippen LogP contribution in [0.5, 0.6) is 5.75 Å². The van der Waals surface area contributed by atoms with Gasteiger partial charge in [-0.3, -0.25) is 0 Å². The summed E-state index contributed by atoms with van der Waals surface area (Å²) in [5.74, 6) is -2.38. The maximum absolute atomic E-state index is 13.5. The number of hydrogen-bond acceptors (Lipinski definition) is 3. The Kier molecular flexibility index (Phi) is 4.98. The zero-order chi connectivity index (χ0) is 15.2. The standard InChI is InChI=1S/C16H16F2N2O/c1-2-3-4-11-5-7-12(8-6-11)19-20-16-14(17)9-13(21)10-15(16)18/h5-10,21H,2-4H2,1H3/b20-19+. The summed E-state index contributed by atoms with van der Waals surface area (Å²) >= 11 is 0. The minimum atomic E-state index is -0.948. The van der Waals surface area contributed by atoms with Gasteiger partial charge in [0, 0.05) is 12.1 Å². The highest BCUT2D eigenvalue weighted by molar-refractivity contribution is 5.45. The van der Waals surface area contributed by atoms with E-state index in [1.165, 1.54) is 5.56 Å². The van der Waals surface area contributed by atoms with E-state index in [9.17, 15) is 8.78 Å². The molecule has 5 heteroatoms. The highest BCUT2D eigenvalue weighted by atomic mass is 19.1. The minimum absolute atomic E-state index is 0.482. The summed E-state index contributed by atoms with van der Waals surface area (Å²) in [6.45, 7) is 2.13. The molecule has 0 amide bonds. The number of rotatable bonds is 5. The fourth-order valence-corrected chi connectivity index (χ4v) is 1.87. The number of azo groups is 1. The third kappa shape index (κ3) is 4.08. The Balaban J connectivity index is 2.14. The first kappa shape index (κ1) is 15.1. The molecule has 0 unspecified atom stereocenters. The summed E-state index contributed by atoms with van der Waals surface area (Å²) in [6, 6.07) is 8.95. The lowest BCUT2D eigenvalue weighted by molar-refractivity contribution is 0.461. The Morgan fingerprint density at radius 2 is 1.62 bits per heavy atom. The Labute approximate surface area is 122 Å². The lowest BCUT2D eigenvalue weighted by Gasteiger charge is -2.01. The predicted octanol–water partition coefficient (Wildman–Crippen LogP) is 5.43. The number of aromatic hydroxyl groups is 1. The average molecular weight is 290 g/mol. The van der Waals surface area contributed by atoms with Gasteiger partial charge in [0.2, 0.25) is 0 Å². The molecule has 0 fully saturated rings. The molecule has 0 aromatic heterocycles. The smallest absolute Gasteiger partial charge is 0.157 e. The van der Waals surface area contributed by atoms with Crippen LogP contribution in [0.1, 0.15) is 25.3 Å². The summed E-state index contributed by atoms with van der Waals surface area (Å²) in [6.07, 6.45) is 3.24. The number of phenolic OH excluding ortho intramolecular Hbond substituents is 1. The largest absolute Gasteiger partial charge is 0.508 e. The number of halogens is 2. The van der Waals surface area contributed by atoms with E-state index in [1.807, 2.05) is 12.1 Å². The van der Waals surface area contributed by atoms with E-state index in [4.69, 9.17) is 5.11 Å². The summed E-state index contributed by atoms with van der Waals surface area (Å²) in [7, 11) is 0. The topological polar surface area (TPSA) is 45.0 Å². The summed E-state index contributed by atoms with van der Waals surface area (Å²) in [5.41, 5.74) is 1.20. The van der Waals surface area contributed by atoms with Crippen LogP contribution in [0.15, 0.2) is 46.6 Å². The average Bonchev–Trinajstić information content (AvgIpc) is 2.45. The van der Waals surface area contributed by atoms with Crippen molar-refractivity contribution in [1.29, 1.82) is 0 Å². The zero-order valence-electron chi connectivity index (χ0n) is 11.7. The molecular weight excluding hydrogens is 274 g/mol. The molecule has 1 N–H and O–H groups in total. The Hall–Kier alpha value is -2.30. The van der Waals surface area contributed by atoms with E-state index in [-0.39, 0.29) is 0 Å². The Morgan fingerprint density at radius 1 is 1.00 bits per heavy atom. The number of nitrogens with zero attached hydrogens (tertiary/aromatic N) is 2. The summed E-state index contributed by atoms with van der Waals surface area (Å²) in [4.78, 5) is 0. The van der Waals surface area contributed by atoms with Gasteiger partial charge in [-0.2, -0.15) is 5.11 Å². The molecule has 0 bridgehead atoms. The predicted molar refractivity (Wildman–Crippen MR) is 77.3 cm³/mol.